The SMILES string of the molecule is C=CCN(c1ccc(C(C)=O)cc1Br)C1CC1. The zero-order valence-electron chi connectivity index (χ0n) is 9.95. The van der Waals surface area contributed by atoms with Gasteiger partial charge in [-0.2, -0.15) is 0 Å². The summed E-state index contributed by atoms with van der Waals surface area (Å²) in [6, 6.07) is 6.44. The standard InChI is InChI=1S/C14H16BrNO/c1-3-8-16(12-5-6-12)14-7-4-11(10(2)17)9-13(14)15/h3-4,7,9,12H,1,5-6,8H2,2H3. The summed E-state index contributed by atoms with van der Waals surface area (Å²) in [6.07, 6.45) is 4.41. The fourth-order valence-corrected chi connectivity index (χ4v) is 2.53. The van der Waals surface area contributed by atoms with Gasteiger partial charge in [0.2, 0.25) is 0 Å². The van der Waals surface area contributed by atoms with Crippen molar-refractivity contribution in [2.75, 3.05) is 11.4 Å². The predicted octanol–water partition coefficient (Wildman–Crippen LogP) is 3.81. The number of benzene rings is 1. The van der Waals surface area contributed by atoms with Crippen LogP contribution in [0.4, 0.5) is 5.69 Å². The van der Waals surface area contributed by atoms with E-state index in [1.807, 2.05) is 24.3 Å². The Morgan fingerprint density at radius 3 is 2.76 bits per heavy atom. The number of hydrogen-bond donors (Lipinski definition) is 0. The molecule has 0 aromatic heterocycles. The topological polar surface area (TPSA) is 20.3 Å². The third-order valence-electron chi connectivity index (χ3n) is 2.98. The third kappa shape index (κ3) is 2.78. The van der Waals surface area contributed by atoms with Crippen molar-refractivity contribution in [3.8, 4) is 0 Å². The van der Waals surface area contributed by atoms with Crippen LogP contribution >= 0.6 is 15.9 Å². The lowest BCUT2D eigenvalue weighted by Crippen LogP contribution is -2.25. The van der Waals surface area contributed by atoms with Gasteiger partial charge in [-0.05, 0) is 53.9 Å². The first-order valence-corrected chi connectivity index (χ1v) is 6.61. The molecule has 17 heavy (non-hydrogen) atoms. The van der Waals surface area contributed by atoms with Gasteiger partial charge in [-0.3, -0.25) is 4.79 Å². The van der Waals surface area contributed by atoms with Crippen molar-refractivity contribution in [2.45, 2.75) is 25.8 Å². The lowest BCUT2D eigenvalue weighted by atomic mass is 10.1. The molecule has 0 unspecified atom stereocenters. The summed E-state index contributed by atoms with van der Waals surface area (Å²) in [5.74, 6) is 0.0962. The van der Waals surface area contributed by atoms with E-state index in [9.17, 15) is 4.79 Å². The first-order valence-electron chi connectivity index (χ1n) is 5.81. The molecule has 0 saturated heterocycles. The smallest absolute Gasteiger partial charge is 0.159 e. The van der Waals surface area contributed by atoms with Crippen LogP contribution in [0.5, 0.6) is 0 Å². The molecule has 0 aliphatic heterocycles. The normalized spacial score (nSPS) is 14.5. The van der Waals surface area contributed by atoms with Gasteiger partial charge in [-0.1, -0.05) is 6.08 Å². The molecule has 2 nitrogen and oxygen atoms in total. The Morgan fingerprint density at radius 1 is 1.59 bits per heavy atom. The van der Waals surface area contributed by atoms with Gasteiger partial charge >= 0.3 is 0 Å². The van der Waals surface area contributed by atoms with Crippen molar-refractivity contribution in [1.82, 2.24) is 0 Å². The summed E-state index contributed by atoms with van der Waals surface area (Å²) in [4.78, 5) is 13.6. The van der Waals surface area contributed by atoms with Crippen LogP contribution in [0.2, 0.25) is 0 Å². The Labute approximate surface area is 110 Å². The fraction of sp³-hybridized carbons (Fsp3) is 0.357. The van der Waals surface area contributed by atoms with Crippen LogP contribution < -0.4 is 4.90 Å². The second-order valence-electron chi connectivity index (χ2n) is 4.39. The van der Waals surface area contributed by atoms with E-state index in [-0.39, 0.29) is 5.78 Å². The number of anilines is 1. The number of carbonyl (C=O) groups is 1. The number of nitrogens with zero attached hydrogens (tertiary/aromatic N) is 1. The van der Waals surface area contributed by atoms with E-state index in [0.717, 1.165) is 22.3 Å². The molecule has 0 atom stereocenters. The highest BCUT2D eigenvalue weighted by atomic mass is 79.9. The molecule has 0 bridgehead atoms. The van der Waals surface area contributed by atoms with E-state index in [4.69, 9.17) is 0 Å². The Bertz CT molecular complexity index is 452. The van der Waals surface area contributed by atoms with E-state index in [1.165, 1.54) is 12.8 Å². The molecular weight excluding hydrogens is 278 g/mol. The number of carbonyl (C=O) groups excluding carboxylic acids is 1. The van der Waals surface area contributed by atoms with Crippen molar-refractivity contribution in [3.63, 3.8) is 0 Å². The average Bonchev–Trinajstić information content (AvgIpc) is 3.10. The maximum Gasteiger partial charge on any atom is 0.159 e. The number of Topliss-reactive ketones (excluding diaryl/α,β-unsaturated/α-hetero) is 1. The van der Waals surface area contributed by atoms with Gasteiger partial charge in [0.25, 0.3) is 0 Å². The number of halogens is 1. The van der Waals surface area contributed by atoms with Crippen LogP contribution in [0.1, 0.15) is 30.1 Å². The zero-order chi connectivity index (χ0) is 12.4. The summed E-state index contributed by atoms with van der Waals surface area (Å²) in [5.41, 5.74) is 1.90. The highest BCUT2D eigenvalue weighted by Crippen LogP contribution is 2.36. The highest BCUT2D eigenvalue weighted by molar-refractivity contribution is 9.10. The second kappa shape index (κ2) is 5.05. The second-order valence-corrected chi connectivity index (χ2v) is 5.25. The Kier molecular flexibility index (Phi) is 3.67. The molecule has 1 aromatic rings. The maximum absolute atomic E-state index is 11.3. The molecule has 1 fully saturated rings. The molecule has 1 aromatic carbocycles. The minimum absolute atomic E-state index is 0.0962. The average molecular weight is 294 g/mol. The molecule has 0 radical (unpaired) electrons. The summed E-state index contributed by atoms with van der Waals surface area (Å²) in [6.45, 7) is 6.24. The quantitative estimate of drug-likeness (QED) is 0.608. The molecule has 0 spiro atoms. The van der Waals surface area contributed by atoms with Crippen molar-refractivity contribution >= 4 is 27.4 Å². The Morgan fingerprint density at radius 2 is 2.29 bits per heavy atom. The summed E-state index contributed by atoms with van der Waals surface area (Å²) >= 11 is 3.55. The molecular formula is C14H16BrNO. The van der Waals surface area contributed by atoms with Crippen molar-refractivity contribution in [1.29, 1.82) is 0 Å². The van der Waals surface area contributed by atoms with Gasteiger partial charge in [-0.15, -0.1) is 6.58 Å². The van der Waals surface area contributed by atoms with E-state index in [0.29, 0.717) is 6.04 Å². The molecule has 2 rings (SSSR count). The highest BCUT2D eigenvalue weighted by Gasteiger charge is 2.29. The van der Waals surface area contributed by atoms with Gasteiger partial charge < -0.3 is 4.90 Å². The maximum atomic E-state index is 11.3. The van der Waals surface area contributed by atoms with Gasteiger partial charge in [0.15, 0.2) is 5.78 Å². The number of ketones is 1. The van der Waals surface area contributed by atoms with Crippen LogP contribution in [-0.2, 0) is 0 Å². The molecule has 0 amide bonds. The molecule has 0 heterocycles. The summed E-state index contributed by atoms with van der Waals surface area (Å²) in [7, 11) is 0. The first kappa shape index (κ1) is 12.4. The predicted molar refractivity (Wildman–Crippen MR) is 74.7 cm³/mol. The summed E-state index contributed by atoms with van der Waals surface area (Å²) in [5, 5.41) is 0. The Balaban J connectivity index is 2.30. The number of rotatable bonds is 5. The largest absolute Gasteiger partial charge is 0.364 e. The first-order chi connectivity index (χ1) is 8.13. The molecule has 1 aliphatic rings. The van der Waals surface area contributed by atoms with Gasteiger partial charge in [-0.25, -0.2) is 0 Å². The molecule has 1 aliphatic carbocycles. The van der Waals surface area contributed by atoms with Crippen LogP contribution in [0.3, 0.4) is 0 Å². The third-order valence-corrected chi connectivity index (χ3v) is 3.61. The molecule has 90 valence electrons. The van der Waals surface area contributed by atoms with Crippen molar-refractivity contribution in [2.24, 2.45) is 0 Å². The minimum atomic E-state index is 0.0962. The fourth-order valence-electron chi connectivity index (χ4n) is 1.93. The van der Waals surface area contributed by atoms with E-state index in [1.54, 1.807) is 6.92 Å². The van der Waals surface area contributed by atoms with E-state index in [2.05, 4.69) is 27.4 Å². The lowest BCUT2D eigenvalue weighted by molar-refractivity contribution is 0.101. The van der Waals surface area contributed by atoms with Crippen LogP contribution in [0.15, 0.2) is 35.3 Å². The molecule has 0 N–H and O–H groups in total. The van der Waals surface area contributed by atoms with Gasteiger partial charge in [0.05, 0.1) is 5.69 Å². The lowest BCUT2D eigenvalue weighted by Gasteiger charge is -2.24. The monoisotopic (exact) mass is 293 g/mol. The number of hydrogen-bond acceptors (Lipinski definition) is 2. The van der Waals surface area contributed by atoms with Gasteiger partial charge in [0, 0.05) is 22.6 Å². The van der Waals surface area contributed by atoms with Crippen LogP contribution in [-0.4, -0.2) is 18.4 Å². The van der Waals surface area contributed by atoms with Crippen LogP contribution in [0, 0.1) is 0 Å². The summed E-state index contributed by atoms with van der Waals surface area (Å²) < 4.78 is 0.985. The zero-order valence-corrected chi connectivity index (χ0v) is 11.5. The molecule has 1 saturated carbocycles. The van der Waals surface area contributed by atoms with Crippen molar-refractivity contribution < 1.29 is 4.79 Å². The van der Waals surface area contributed by atoms with Crippen molar-refractivity contribution in [3.05, 3.63) is 40.9 Å². The minimum Gasteiger partial charge on any atom is -0.364 e. The van der Waals surface area contributed by atoms with Crippen LogP contribution in [0.25, 0.3) is 0 Å². The Hall–Kier alpha value is -1.09. The van der Waals surface area contributed by atoms with E-state index >= 15 is 0 Å². The molecule has 3 heteroatoms. The van der Waals surface area contributed by atoms with Gasteiger partial charge in [0.1, 0.15) is 0 Å². The van der Waals surface area contributed by atoms with E-state index < -0.39 is 0 Å².